The first kappa shape index (κ1) is 14.6. The fraction of sp³-hybridized carbons (Fsp3) is 0.917. The van der Waals surface area contributed by atoms with Gasteiger partial charge in [-0.25, -0.2) is 0 Å². The molecule has 1 N–H and O–H groups in total. The highest BCUT2D eigenvalue weighted by molar-refractivity contribution is 7.86. The lowest BCUT2D eigenvalue weighted by Crippen LogP contribution is -2.38. The van der Waals surface area contributed by atoms with E-state index in [-0.39, 0.29) is 0 Å². The molecule has 0 aromatic heterocycles. The number of carboxylic acids is 1. The molecule has 4 nitrogen and oxygen atoms in total. The van der Waals surface area contributed by atoms with Crippen LogP contribution in [0, 0.1) is 0 Å². The summed E-state index contributed by atoms with van der Waals surface area (Å²) >= 11 is 0. The summed E-state index contributed by atoms with van der Waals surface area (Å²) in [4.78, 5) is 13.2. The summed E-state index contributed by atoms with van der Waals surface area (Å²) in [5.74, 6) is -0.414. The Kier molecular flexibility index (Phi) is 6.12. The number of nitrogens with zero attached hydrogens (tertiary/aromatic N) is 1. The molecule has 0 spiro atoms. The van der Waals surface area contributed by atoms with E-state index in [4.69, 9.17) is 5.11 Å². The van der Waals surface area contributed by atoms with Gasteiger partial charge in [0.25, 0.3) is 0 Å². The van der Waals surface area contributed by atoms with Crippen LogP contribution in [0.25, 0.3) is 0 Å². The second-order valence-electron chi connectivity index (χ2n) is 4.74. The van der Waals surface area contributed by atoms with Crippen LogP contribution in [0.15, 0.2) is 0 Å². The second-order valence-corrected chi connectivity index (χ2v) is 6.48. The maximum atomic E-state index is 11.9. The third kappa shape index (κ3) is 4.39. The molecule has 100 valence electrons. The monoisotopic (exact) mass is 261 g/mol. The SMILES string of the molecule is CCC(C(=O)O)S(=O)CCC1CCCCN1C. The van der Waals surface area contributed by atoms with Gasteiger partial charge in [0.1, 0.15) is 5.25 Å². The number of carbonyl (C=O) groups is 1. The number of hydrogen-bond acceptors (Lipinski definition) is 3. The lowest BCUT2D eigenvalue weighted by atomic mass is 10.0. The van der Waals surface area contributed by atoms with Crippen LogP contribution in [0.1, 0.15) is 39.0 Å². The van der Waals surface area contributed by atoms with Crippen LogP contribution < -0.4 is 0 Å². The second kappa shape index (κ2) is 7.11. The van der Waals surface area contributed by atoms with Gasteiger partial charge in [0.2, 0.25) is 0 Å². The van der Waals surface area contributed by atoms with Crippen molar-refractivity contribution >= 4 is 16.8 Å². The molecule has 0 saturated carbocycles. The van der Waals surface area contributed by atoms with Crippen LogP contribution in [0.2, 0.25) is 0 Å². The highest BCUT2D eigenvalue weighted by Crippen LogP contribution is 2.18. The Labute approximate surface area is 106 Å². The van der Waals surface area contributed by atoms with Crippen molar-refractivity contribution in [1.82, 2.24) is 4.90 Å². The predicted molar refractivity (Wildman–Crippen MR) is 69.6 cm³/mol. The van der Waals surface area contributed by atoms with E-state index in [9.17, 15) is 9.00 Å². The van der Waals surface area contributed by atoms with Crippen molar-refractivity contribution in [3.05, 3.63) is 0 Å². The Bertz CT molecular complexity index is 283. The molecule has 0 aliphatic carbocycles. The normalized spacial score (nSPS) is 25.4. The average Bonchev–Trinajstić information content (AvgIpc) is 2.28. The minimum atomic E-state index is -1.23. The van der Waals surface area contributed by atoms with Crippen LogP contribution in [-0.2, 0) is 15.6 Å². The van der Waals surface area contributed by atoms with Gasteiger partial charge in [0.05, 0.1) is 0 Å². The lowest BCUT2D eigenvalue weighted by Gasteiger charge is -2.32. The minimum Gasteiger partial charge on any atom is -0.480 e. The summed E-state index contributed by atoms with van der Waals surface area (Å²) in [6.07, 6.45) is 4.92. The number of hydrogen-bond donors (Lipinski definition) is 1. The highest BCUT2D eigenvalue weighted by Gasteiger charge is 2.25. The first-order valence-electron chi connectivity index (χ1n) is 6.36. The molecule has 1 saturated heterocycles. The summed E-state index contributed by atoms with van der Waals surface area (Å²) in [6.45, 7) is 2.89. The molecular weight excluding hydrogens is 238 g/mol. The zero-order valence-corrected chi connectivity index (χ0v) is 11.5. The molecule has 1 aliphatic rings. The van der Waals surface area contributed by atoms with Gasteiger partial charge in [0.15, 0.2) is 0 Å². The first-order chi connectivity index (χ1) is 8.06. The largest absolute Gasteiger partial charge is 0.480 e. The van der Waals surface area contributed by atoms with E-state index in [1.165, 1.54) is 12.8 Å². The van der Waals surface area contributed by atoms with Gasteiger partial charge in [-0.3, -0.25) is 9.00 Å². The van der Waals surface area contributed by atoms with Crippen LogP contribution in [0.5, 0.6) is 0 Å². The summed E-state index contributed by atoms with van der Waals surface area (Å²) in [5.41, 5.74) is 0. The molecule has 0 radical (unpaired) electrons. The number of carboxylic acid groups (broad SMARTS) is 1. The van der Waals surface area contributed by atoms with Crippen LogP contribution in [0.3, 0.4) is 0 Å². The topological polar surface area (TPSA) is 57.6 Å². The highest BCUT2D eigenvalue weighted by atomic mass is 32.2. The van der Waals surface area contributed by atoms with Gasteiger partial charge in [-0.1, -0.05) is 13.3 Å². The van der Waals surface area contributed by atoms with Crippen LogP contribution in [-0.4, -0.2) is 50.8 Å². The molecule has 1 aliphatic heterocycles. The molecule has 3 unspecified atom stereocenters. The summed E-state index contributed by atoms with van der Waals surface area (Å²) in [7, 11) is 0.868. The summed E-state index contributed by atoms with van der Waals surface area (Å²) in [5, 5.41) is 8.24. The van der Waals surface area contributed by atoms with Gasteiger partial charge in [-0.05, 0) is 39.3 Å². The molecule has 1 rings (SSSR count). The molecule has 0 bridgehead atoms. The first-order valence-corrected chi connectivity index (χ1v) is 7.74. The van der Waals surface area contributed by atoms with Crippen LogP contribution >= 0.6 is 0 Å². The zero-order chi connectivity index (χ0) is 12.8. The van der Waals surface area contributed by atoms with Crippen molar-refractivity contribution in [2.45, 2.75) is 50.3 Å². The third-order valence-corrected chi connectivity index (χ3v) is 5.35. The molecular formula is C12H23NO3S. The number of likely N-dealkylation sites (tertiary alicyclic amines) is 1. The fourth-order valence-electron chi connectivity index (χ4n) is 2.38. The van der Waals surface area contributed by atoms with Crippen molar-refractivity contribution in [3.63, 3.8) is 0 Å². The van der Waals surface area contributed by atoms with E-state index in [0.717, 1.165) is 19.4 Å². The van der Waals surface area contributed by atoms with Crippen molar-refractivity contribution in [1.29, 1.82) is 0 Å². The molecule has 17 heavy (non-hydrogen) atoms. The van der Waals surface area contributed by atoms with Gasteiger partial charge >= 0.3 is 5.97 Å². The quantitative estimate of drug-likeness (QED) is 0.786. The Hall–Kier alpha value is -0.420. The van der Waals surface area contributed by atoms with Gasteiger partial charge in [0, 0.05) is 22.6 Å². The van der Waals surface area contributed by atoms with Crippen molar-refractivity contribution in [2.75, 3.05) is 19.3 Å². The van der Waals surface area contributed by atoms with Gasteiger partial charge < -0.3 is 10.0 Å². The van der Waals surface area contributed by atoms with E-state index in [1.807, 2.05) is 0 Å². The number of rotatable bonds is 6. The van der Waals surface area contributed by atoms with Crippen molar-refractivity contribution in [2.24, 2.45) is 0 Å². The molecule has 5 heteroatoms. The predicted octanol–water partition coefficient (Wildman–Crippen LogP) is 1.47. The molecule has 0 aromatic rings. The maximum absolute atomic E-state index is 11.9. The lowest BCUT2D eigenvalue weighted by molar-refractivity contribution is -0.136. The summed E-state index contributed by atoms with van der Waals surface area (Å²) < 4.78 is 11.9. The Morgan fingerprint density at radius 1 is 1.53 bits per heavy atom. The van der Waals surface area contributed by atoms with E-state index < -0.39 is 22.0 Å². The Morgan fingerprint density at radius 3 is 2.76 bits per heavy atom. The Balaban J connectivity index is 2.38. The number of aliphatic carboxylic acids is 1. The molecule has 0 aromatic carbocycles. The smallest absolute Gasteiger partial charge is 0.319 e. The zero-order valence-electron chi connectivity index (χ0n) is 10.7. The third-order valence-electron chi connectivity index (χ3n) is 3.54. The summed E-state index contributed by atoms with van der Waals surface area (Å²) in [6, 6.07) is 0.485. The van der Waals surface area contributed by atoms with E-state index >= 15 is 0 Å². The molecule has 1 fully saturated rings. The van der Waals surface area contributed by atoms with Gasteiger partial charge in [-0.15, -0.1) is 0 Å². The number of piperidine rings is 1. The minimum absolute atomic E-state index is 0.447. The fourth-order valence-corrected chi connectivity index (χ4v) is 3.76. The molecule has 0 amide bonds. The van der Waals surface area contributed by atoms with E-state index in [0.29, 0.717) is 18.2 Å². The van der Waals surface area contributed by atoms with E-state index in [1.54, 1.807) is 6.92 Å². The van der Waals surface area contributed by atoms with E-state index in [2.05, 4.69) is 11.9 Å². The Morgan fingerprint density at radius 2 is 2.24 bits per heavy atom. The van der Waals surface area contributed by atoms with Crippen molar-refractivity contribution in [3.8, 4) is 0 Å². The molecule has 1 heterocycles. The maximum Gasteiger partial charge on any atom is 0.319 e. The standard InChI is InChI=1S/C12H23NO3S/c1-3-11(12(14)15)17(16)9-7-10-6-4-5-8-13(10)2/h10-11H,3-9H2,1-2H3,(H,14,15). The molecule has 3 atom stereocenters. The van der Waals surface area contributed by atoms with Crippen LogP contribution in [0.4, 0.5) is 0 Å². The van der Waals surface area contributed by atoms with Gasteiger partial charge in [-0.2, -0.15) is 0 Å². The average molecular weight is 261 g/mol. The van der Waals surface area contributed by atoms with Crippen molar-refractivity contribution < 1.29 is 14.1 Å².